The Morgan fingerprint density at radius 3 is 1.89 bits per heavy atom. The van der Waals surface area contributed by atoms with Crippen molar-refractivity contribution in [2.24, 2.45) is 23.7 Å². The fourth-order valence-corrected chi connectivity index (χ4v) is 6.65. The molecule has 0 heterocycles. The van der Waals surface area contributed by atoms with Gasteiger partial charge in [0.2, 0.25) is 29.4 Å². The highest BCUT2D eigenvalue weighted by atomic mass is 16.5. The van der Waals surface area contributed by atoms with E-state index in [1.807, 2.05) is 34.6 Å². The van der Waals surface area contributed by atoms with Gasteiger partial charge in [0, 0.05) is 5.54 Å². The summed E-state index contributed by atoms with van der Waals surface area (Å²) in [5, 5.41) is 16.2. The lowest BCUT2D eigenvalue weighted by atomic mass is 9.83. The molecule has 3 aliphatic rings. The summed E-state index contributed by atoms with van der Waals surface area (Å²) in [6.07, 6.45) is 7.84. The van der Waals surface area contributed by atoms with Gasteiger partial charge in [-0.3, -0.25) is 28.8 Å². The van der Waals surface area contributed by atoms with E-state index in [-0.39, 0.29) is 36.7 Å². The van der Waals surface area contributed by atoms with Gasteiger partial charge < -0.3 is 36.6 Å². The number of Topliss-reactive ketones (excluding diaryl/α,β-unsaturated/α-hetero) is 1. The van der Waals surface area contributed by atoms with Gasteiger partial charge in [-0.15, -0.1) is 0 Å². The second-order valence-corrected chi connectivity index (χ2v) is 16.7. The van der Waals surface area contributed by atoms with E-state index in [0.29, 0.717) is 12.0 Å². The molecule has 14 nitrogen and oxygen atoms in total. The lowest BCUT2D eigenvalue weighted by molar-refractivity contribution is -0.141. The predicted molar refractivity (Wildman–Crippen MR) is 201 cm³/mol. The van der Waals surface area contributed by atoms with Crippen molar-refractivity contribution in [2.75, 3.05) is 13.2 Å². The first-order chi connectivity index (χ1) is 25.6. The highest BCUT2D eigenvalue weighted by Crippen LogP contribution is 2.35. The lowest BCUT2D eigenvalue weighted by Crippen LogP contribution is -2.58. The number of hydrogen-bond donors (Lipinski definition) is 6. The monoisotopic (exact) mass is 752 g/mol. The van der Waals surface area contributed by atoms with E-state index in [9.17, 15) is 33.6 Å². The molecule has 3 saturated carbocycles. The third-order valence-electron chi connectivity index (χ3n) is 9.85. The van der Waals surface area contributed by atoms with Gasteiger partial charge in [-0.25, -0.2) is 4.79 Å². The summed E-state index contributed by atoms with van der Waals surface area (Å²) in [5.74, 6) is -3.75. The van der Waals surface area contributed by atoms with Crippen LogP contribution in [0.3, 0.4) is 0 Å². The minimum atomic E-state index is -1.17. The summed E-state index contributed by atoms with van der Waals surface area (Å²) < 4.78 is 5.32. The van der Waals surface area contributed by atoms with Crippen molar-refractivity contribution in [1.82, 2.24) is 31.9 Å². The molecule has 0 aliphatic heterocycles. The maximum absolute atomic E-state index is 13.8. The number of carbonyl (C=O) groups excluding carboxylic acids is 7. The Labute approximate surface area is 318 Å². The molecule has 4 unspecified atom stereocenters. The quantitative estimate of drug-likeness (QED) is 0.116. The summed E-state index contributed by atoms with van der Waals surface area (Å²) in [5.41, 5.74) is -0.0199. The SMILES string of the molecule is CC(C)COC(=O)NC(C(=O)NC(CC1CC1)C(=O)NC(CC1CC1)C(=O)C(=O)NCC(=O)NC(C(=O)NC(C)(C)C)c1ccccc1)C1CCCCC1. The average molecular weight is 753 g/mol. The zero-order valence-electron chi connectivity index (χ0n) is 32.5. The number of amides is 6. The van der Waals surface area contributed by atoms with Crippen molar-refractivity contribution in [3.8, 4) is 0 Å². The van der Waals surface area contributed by atoms with E-state index in [0.717, 1.165) is 57.8 Å². The van der Waals surface area contributed by atoms with Crippen molar-refractivity contribution in [1.29, 1.82) is 0 Å². The van der Waals surface area contributed by atoms with Crippen LogP contribution in [0.5, 0.6) is 0 Å². The van der Waals surface area contributed by atoms with Crippen molar-refractivity contribution >= 4 is 41.4 Å². The van der Waals surface area contributed by atoms with E-state index in [4.69, 9.17) is 4.74 Å². The zero-order chi connectivity index (χ0) is 39.4. The maximum Gasteiger partial charge on any atom is 0.407 e. The standard InChI is InChI=1S/C40H60N6O8/c1-24(2)23-54-39(53)45-32(27-12-8-6-9-13-27)36(50)43-30(21-26-18-19-26)35(49)42-29(20-25-16-17-25)34(48)38(52)41-22-31(47)44-33(28-14-10-7-11-15-28)37(51)46-40(3,4)5/h7,10-11,14-15,24-27,29-30,32-33H,6,8-9,12-13,16-23H2,1-5H3,(H,41,52)(H,42,49)(H,43,50)(H,44,47)(H,45,53)(H,46,51). The molecule has 298 valence electrons. The molecule has 6 amide bonds. The highest BCUT2D eigenvalue weighted by Gasteiger charge is 2.39. The first-order valence-electron chi connectivity index (χ1n) is 19.6. The topological polar surface area (TPSA) is 201 Å². The number of carbonyl (C=O) groups is 7. The van der Waals surface area contributed by atoms with Crippen LogP contribution in [-0.4, -0.2) is 78.2 Å². The third-order valence-corrected chi connectivity index (χ3v) is 9.85. The number of rotatable bonds is 19. The van der Waals surface area contributed by atoms with Crippen molar-refractivity contribution in [2.45, 2.75) is 135 Å². The van der Waals surface area contributed by atoms with Gasteiger partial charge in [0.25, 0.3) is 5.91 Å². The number of ether oxygens (including phenoxy) is 1. The van der Waals surface area contributed by atoms with Crippen LogP contribution in [-0.2, 0) is 33.5 Å². The van der Waals surface area contributed by atoms with E-state index >= 15 is 0 Å². The molecule has 1 aromatic rings. The van der Waals surface area contributed by atoms with Crippen LogP contribution < -0.4 is 31.9 Å². The molecular weight excluding hydrogens is 692 g/mol. The summed E-state index contributed by atoms with van der Waals surface area (Å²) in [6.45, 7) is 8.92. The summed E-state index contributed by atoms with van der Waals surface area (Å²) in [6, 6.07) is 4.60. The molecule has 3 fully saturated rings. The van der Waals surface area contributed by atoms with E-state index in [1.165, 1.54) is 0 Å². The Hall–Kier alpha value is -4.49. The van der Waals surface area contributed by atoms with Crippen LogP contribution in [0, 0.1) is 23.7 Å². The molecule has 1 aromatic carbocycles. The molecule has 54 heavy (non-hydrogen) atoms. The van der Waals surface area contributed by atoms with Gasteiger partial charge in [0.05, 0.1) is 19.2 Å². The molecule has 14 heteroatoms. The fraction of sp³-hybridized carbons (Fsp3) is 0.675. The Balaban J connectivity index is 1.40. The van der Waals surface area contributed by atoms with Gasteiger partial charge in [-0.1, -0.05) is 89.1 Å². The van der Waals surface area contributed by atoms with Crippen LogP contribution in [0.4, 0.5) is 4.79 Å². The van der Waals surface area contributed by atoms with Gasteiger partial charge in [0.15, 0.2) is 0 Å². The van der Waals surface area contributed by atoms with Crippen LogP contribution >= 0.6 is 0 Å². The van der Waals surface area contributed by atoms with Crippen molar-refractivity contribution in [3.63, 3.8) is 0 Å². The average Bonchev–Trinajstić information content (AvgIpc) is 4.07. The Morgan fingerprint density at radius 2 is 1.31 bits per heavy atom. The zero-order valence-corrected chi connectivity index (χ0v) is 32.5. The molecule has 0 bridgehead atoms. The van der Waals surface area contributed by atoms with Gasteiger partial charge >= 0.3 is 6.09 Å². The second-order valence-electron chi connectivity index (χ2n) is 16.7. The number of nitrogens with one attached hydrogen (secondary N) is 6. The second kappa shape index (κ2) is 19.7. The molecule has 3 aliphatic carbocycles. The van der Waals surface area contributed by atoms with E-state index in [1.54, 1.807) is 30.3 Å². The van der Waals surface area contributed by atoms with Crippen molar-refractivity contribution in [3.05, 3.63) is 35.9 Å². The third kappa shape index (κ3) is 14.4. The van der Waals surface area contributed by atoms with Gasteiger partial charge in [-0.05, 0) is 75.7 Å². The summed E-state index contributed by atoms with van der Waals surface area (Å²) in [4.78, 5) is 93.1. The molecular formula is C40H60N6O8. The van der Waals surface area contributed by atoms with E-state index in [2.05, 4.69) is 31.9 Å². The first-order valence-corrected chi connectivity index (χ1v) is 19.6. The number of alkyl carbamates (subject to hydrolysis) is 1. The fourth-order valence-electron chi connectivity index (χ4n) is 6.65. The maximum atomic E-state index is 13.8. The molecule has 4 rings (SSSR count). The molecule has 0 radical (unpaired) electrons. The Morgan fingerprint density at radius 1 is 0.722 bits per heavy atom. The molecule has 0 saturated heterocycles. The highest BCUT2D eigenvalue weighted by molar-refractivity contribution is 6.38. The minimum Gasteiger partial charge on any atom is -0.449 e. The predicted octanol–water partition coefficient (Wildman–Crippen LogP) is 3.34. The van der Waals surface area contributed by atoms with Gasteiger partial charge in [-0.2, -0.15) is 0 Å². The van der Waals surface area contributed by atoms with Crippen LogP contribution in [0.2, 0.25) is 0 Å². The Bertz CT molecular complexity index is 1480. The molecule has 0 aromatic heterocycles. The molecule has 6 N–H and O–H groups in total. The van der Waals surface area contributed by atoms with Crippen LogP contribution in [0.15, 0.2) is 30.3 Å². The van der Waals surface area contributed by atoms with Crippen LogP contribution in [0.1, 0.15) is 117 Å². The summed E-state index contributed by atoms with van der Waals surface area (Å²) in [7, 11) is 0. The first kappa shape index (κ1) is 42.3. The number of hydrogen-bond acceptors (Lipinski definition) is 8. The largest absolute Gasteiger partial charge is 0.449 e. The lowest BCUT2D eigenvalue weighted by Gasteiger charge is -2.31. The molecule has 4 atom stereocenters. The van der Waals surface area contributed by atoms with E-state index < -0.39 is 77.7 Å². The normalized spacial score (nSPS) is 18.3. The number of benzene rings is 1. The number of ketones is 1. The van der Waals surface area contributed by atoms with Crippen molar-refractivity contribution < 1.29 is 38.3 Å². The van der Waals surface area contributed by atoms with Crippen LogP contribution in [0.25, 0.3) is 0 Å². The molecule has 0 spiro atoms. The summed E-state index contributed by atoms with van der Waals surface area (Å²) >= 11 is 0. The smallest absolute Gasteiger partial charge is 0.407 e. The minimum absolute atomic E-state index is 0.115. The van der Waals surface area contributed by atoms with Gasteiger partial charge in [0.1, 0.15) is 18.1 Å². The Kier molecular flexibility index (Phi) is 15.4.